The van der Waals surface area contributed by atoms with E-state index in [1.807, 2.05) is 50.3 Å². The molecule has 0 spiro atoms. The van der Waals surface area contributed by atoms with E-state index in [4.69, 9.17) is 9.57 Å². The van der Waals surface area contributed by atoms with Crippen molar-refractivity contribution in [2.75, 3.05) is 19.8 Å². The summed E-state index contributed by atoms with van der Waals surface area (Å²) in [6.07, 6.45) is 8.86. The largest absolute Gasteiger partial charge is 0.490 e. The average molecular weight is 508 g/mol. The Bertz CT molecular complexity index is 1170. The molecule has 0 radical (unpaired) electrons. The molecule has 0 aliphatic heterocycles. The van der Waals surface area contributed by atoms with Crippen LogP contribution in [-0.4, -0.2) is 52.9 Å². The van der Waals surface area contributed by atoms with Crippen LogP contribution in [0.2, 0.25) is 0 Å². The summed E-state index contributed by atoms with van der Waals surface area (Å²) in [5.74, 6) is 0.288. The molecule has 0 aromatic heterocycles. The number of nitrogens with zero attached hydrogens (tertiary/aromatic N) is 1. The van der Waals surface area contributed by atoms with Crippen LogP contribution in [0.1, 0.15) is 51.5 Å². The van der Waals surface area contributed by atoms with Gasteiger partial charge < -0.3 is 19.8 Å². The smallest absolute Gasteiger partial charge is 0.190 e. The van der Waals surface area contributed by atoms with Crippen molar-refractivity contribution in [1.82, 2.24) is 0 Å². The number of aryl methyl sites for hydroxylation is 1. The Balaban J connectivity index is 1.27. The Morgan fingerprint density at radius 1 is 1.16 bits per heavy atom. The second-order valence-corrected chi connectivity index (χ2v) is 11.6. The molecule has 7 nitrogen and oxygen atoms in total. The van der Waals surface area contributed by atoms with E-state index in [9.17, 15) is 19.8 Å². The maximum Gasteiger partial charge on any atom is 0.190 e. The van der Waals surface area contributed by atoms with Gasteiger partial charge in [0.2, 0.25) is 0 Å². The molecular weight excluding hydrogens is 470 g/mol. The lowest BCUT2D eigenvalue weighted by Gasteiger charge is -2.56. The van der Waals surface area contributed by atoms with E-state index in [-0.39, 0.29) is 30.0 Å². The van der Waals surface area contributed by atoms with Gasteiger partial charge in [0.25, 0.3) is 0 Å². The van der Waals surface area contributed by atoms with Gasteiger partial charge in [0.15, 0.2) is 12.4 Å². The van der Waals surface area contributed by atoms with Crippen LogP contribution < -0.4 is 4.74 Å². The van der Waals surface area contributed by atoms with Crippen molar-refractivity contribution in [2.24, 2.45) is 33.7 Å². The molecule has 7 heteroatoms. The van der Waals surface area contributed by atoms with Gasteiger partial charge >= 0.3 is 0 Å². The van der Waals surface area contributed by atoms with E-state index in [0.29, 0.717) is 26.1 Å². The van der Waals surface area contributed by atoms with Gasteiger partial charge in [-0.2, -0.15) is 0 Å². The molecule has 0 unspecified atom stereocenters. The molecule has 4 aliphatic carbocycles. The number of rotatable bonds is 7. The number of Topliss-reactive ketones (excluding diaryl/α,β-unsaturated/α-hetero) is 2. The summed E-state index contributed by atoms with van der Waals surface area (Å²) in [6, 6.07) is 7.86. The molecule has 6 atom stereocenters. The van der Waals surface area contributed by atoms with Gasteiger partial charge in [0.1, 0.15) is 36.1 Å². The lowest BCUT2D eigenvalue weighted by molar-refractivity contribution is -0.168. The van der Waals surface area contributed by atoms with Crippen LogP contribution in [0.4, 0.5) is 0 Å². The highest BCUT2D eigenvalue weighted by molar-refractivity contribution is 6.06. The SMILES string of the molecule is Cc1ccc(OCCO/N=C2\C=C[C@@]3(C)C(=C2)CC[C@@H]2[C@@H]3C(=O)C[C@@]3(C)[C@H]2CC[C@]3(O)C(=O)CO)cc1. The van der Waals surface area contributed by atoms with E-state index in [1.54, 1.807) is 0 Å². The van der Waals surface area contributed by atoms with Crippen LogP contribution in [-0.2, 0) is 14.4 Å². The van der Waals surface area contributed by atoms with Crippen molar-refractivity contribution >= 4 is 17.3 Å². The molecule has 0 amide bonds. The molecule has 1 aromatic carbocycles. The molecule has 2 N–H and O–H groups in total. The normalized spacial score (nSPS) is 37.4. The zero-order valence-electron chi connectivity index (χ0n) is 21.9. The lowest BCUT2D eigenvalue weighted by atomic mass is 9.46. The van der Waals surface area contributed by atoms with Crippen molar-refractivity contribution in [3.63, 3.8) is 0 Å². The summed E-state index contributed by atoms with van der Waals surface area (Å²) in [5, 5.41) is 25.1. The first-order valence-electron chi connectivity index (χ1n) is 13.3. The fraction of sp³-hybridized carbons (Fsp3) is 0.567. The number of benzene rings is 1. The number of oxime groups is 1. The molecular formula is C30H37NO6. The molecule has 198 valence electrons. The van der Waals surface area contributed by atoms with E-state index >= 15 is 0 Å². The molecule has 0 saturated heterocycles. The van der Waals surface area contributed by atoms with Crippen LogP contribution >= 0.6 is 0 Å². The summed E-state index contributed by atoms with van der Waals surface area (Å²) in [6.45, 7) is 6.05. The maximum atomic E-state index is 13.7. The number of hydrogen-bond donors (Lipinski definition) is 2. The Labute approximate surface area is 218 Å². The van der Waals surface area contributed by atoms with Gasteiger partial charge in [-0.1, -0.05) is 48.3 Å². The number of carbonyl (C=O) groups excluding carboxylic acids is 2. The fourth-order valence-corrected chi connectivity index (χ4v) is 7.64. The van der Waals surface area contributed by atoms with Crippen LogP contribution in [0.15, 0.2) is 53.2 Å². The number of aliphatic hydroxyl groups is 2. The number of allylic oxidation sites excluding steroid dienone is 4. The predicted molar refractivity (Wildman–Crippen MR) is 139 cm³/mol. The van der Waals surface area contributed by atoms with Gasteiger partial charge in [-0.15, -0.1) is 0 Å². The summed E-state index contributed by atoms with van der Waals surface area (Å²) in [5.41, 5.74) is 0.189. The Hall–Kier alpha value is -2.77. The average Bonchev–Trinajstić information content (AvgIpc) is 3.15. The molecule has 4 aliphatic rings. The first kappa shape index (κ1) is 25.9. The summed E-state index contributed by atoms with van der Waals surface area (Å²) < 4.78 is 5.68. The number of aliphatic hydroxyl groups excluding tert-OH is 1. The third kappa shape index (κ3) is 4.16. The van der Waals surface area contributed by atoms with Crippen molar-refractivity contribution in [2.45, 2.75) is 58.5 Å². The van der Waals surface area contributed by atoms with E-state index in [1.165, 1.54) is 11.1 Å². The van der Waals surface area contributed by atoms with Crippen LogP contribution in [0.3, 0.4) is 0 Å². The van der Waals surface area contributed by atoms with Crippen LogP contribution in [0.25, 0.3) is 0 Å². The monoisotopic (exact) mass is 507 g/mol. The topological polar surface area (TPSA) is 105 Å². The highest BCUT2D eigenvalue weighted by Gasteiger charge is 2.68. The second kappa shape index (κ2) is 9.52. The molecule has 3 fully saturated rings. The van der Waals surface area contributed by atoms with Crippen molar-refractivity contribution < 1.29 is 29.4 Å². The maximum absolute atomic E-state index is 13.7. The molecule has 0 heterocycles. The van der Waals surface area contributed by atoms with Gasteiger partial charge in [-0.25, -0.2) is 0 Å². The van der Waals surface area contributed by atoms with Crippen LogP contribution in [0.5, 0.6) is 5.75 Å². The highest BCUT2D eigenvalue weighted by Crippen LogP contribution is 2.66. The van der Waals surface area contributed by atoms with E-state index < -0.39 is 28.8 Å². The van der Waals surface area contributed by atoms with Crippen molar-refractivity contribution in [1.29, 1.82) is 0 Å². The molecule has 5 rings (SSSR count). The lowest BCUT2D eigenvalue weighted by Crippen LogP contribution is -2.60. The third-order valence-electron chi connectivity index (χ3n) is 9.66. The highest BCUT2D eigenvalue weighted by atomic mass is 16.6. The standard InChI is InChI=1S/C30H37NO6/c1-19-4-7-22(8-5-19)36-14-15-37-31-21-10-12-28(2)20(16-21)6-9-23-24-11-13-30(35,26(34)18-32)29(24,3)17-25(33)27(23)28/h4-5,7-8,10,12,16,23-24,27,32,35H,6,9,11,13-15,17-18H2,1-3H3/b31-21+/t23-,24-,27+,28-,29-,30-/m0/s1. The van der Waals surface area contributed by atoms with Gasteiger partial charge in [-0.3, -0.25) is 9.59 Å². The van der Waals surface area contributed by atoms with Crippen molar-refractivity contribution in [3.8, 4) is 5.75 Å². The summed E-state index contributed by atoms with van der Waals surface area (Å²) in [4.78, 5) is 31.7. The van der Waals surface area contributed by atoms with Gasteiger partial charge in [0.05, 0.1) is 0 Å². The van der Waals surface area contributed by atoms with E-state index in [0.717, 1.165) is 24.3 Å². The molecule has 3 saturated carbocycles. The Kier molecular flexibility index (Phi) is 6.65. The first-order valence-corrected chi connectivity index (χ1v) is 13.3. The number of ketones is 2. The second-order valence-electron chi connectivity index (χ2n) is 11.6. The Morgan fingerprint density at radius 3 is 2.65 bits per heavy atom. The minimum Gasteiger partial charge on any atom is -0.490 e. The third-order valence-corrected chi connectivity index (χ3v) is 9.66. The first-order chi connectivity index (χ1) is 17.6. The Morgan fingerprint density at radius 2 is 1.92 bits per heavy atom. The molecule has 37 heavy (non-hydrogen) atoms. The number of hydrogen-bond acceptors (Lipinski definition) is 7. The number of fused-ring (bicyclic) bond motifs is 5. The summed E-state index contributed by atoms with van der Waals surface area (Å²) >= 11 is 0. The quantitative estimate of drug-likeness (QED) is 0.428. The number of ether oxygens (including phenoxy) is 1. The minimum atomic E-state index is -1.63. The summed E-state index contributed by atoms with van der Waals surface area (Å²) in [7, 11) is 0. The van der Waals surface area contributed by atoms with Gasteiger partial charge in [-0.05, 0) is 68.7 Å². The number of carbonyl (C=O) groups is 2. The fourth-order valence-electron chi connectivity index (χ4n) is 7.64. The predicted octanol–water partition coefficient (Wildman–Crippen LogP) is 3.96. The van der Waals surface area contributed by atoms with Crippen LogP contribution in [0, 0.1) is 35.5 Å². The molecule has 1 aromatic rings. The minimum absolute atomic E-state index is 0.0643. The van der Waals surface area contributed by atoms with Gasteiger partial charge in [0, 0.05) is 23.2 Å². The zero-order valence-corrected chi connectivity index (χ0v) is 21.9. The molecule has 0 bridgehead atoms. The van der Waals surface area contributed by atoms with Crippen molar-refractivity contribution in [3.05, 3.63) is 53.6 Å². The zero-order chi connectivity index (χ0) is 26.4. The van der Waals surface area contributed by atoms with E-state index in [2.05, 4.69) is 18.2 Å².